The molecule has 18 heavy (non-hydrogen) atoms. The standard InChI is InChI=1S/C14H24N2O2/c17-14(15-11-7-8-18-9-11)13-6-5-10-3-1-2-4-12(10)16-13/h10-13,16H,1-9H2,(H,15,17). The fourth-order valence-electron chi connectivity index (χ4n) is 3.65. The summed E-state index contributed by atoms with van der Waals surface area (Å²) in [5, 5.41) is 6.69. The molecule has 3 aliphatic rings. The Bertz CT molecular complexity index is 302. The highest BCUT2D eigenvalue weighted by atomic mass is 16.5. The minimum Gasteiger partial charge on any atom is -0.379 e. The fourth-order valence-corrected chi connectivity index (χ4v) is 3.65. The fraction of sp³-hybridized carbons (Fsp3) is 0.929. The Hall–Kier alpha value is -0.610. The van der Waals surface area contributed by atoms with Gasteiger partial charge in [0.2, 0.25) is 5.91 Å². The first-order valence-corrected chi connectivity index (χ1v) is 7.47. The van der Waals surface area contributed by atoms with E-state index in [1.165, 1.54) is 32.1 Å². The lowest BCUT2D eigenvalue weighted by Gasteiger charge is -2.40. The first-order valence-electron chi connectivity index (χ1n) is 7.47. The van der Waals surface area contributed by atoms with E-state index in [-0.39, 0.29) is 18.0 Å². The van der Waals surface area contributed by atoms with Crippen LogP contribution in [0.15, 0.2) is 0 Å². The molecule has 2 heterocycles. The van der Waals surface area contributed by atoms with Crippen LogP contribution in [0.5, 0.6) is 0 Å². The molecule has 0 aromatic rings. The van der Waals surface area contributed by atoms with E-state index in [4.69, 9.17) is 4.74 Å². The molecule has 3 rings (SSSR count). The zero-order chi connectivity index (χ0) is 12.4. The molecule has 3 fully saturated rings. The second-order valence-electron chi connectivity index (χ2n) is 6.02. The summed E-state index contributed by atoms with van der Waals surface area (Å²) < 4.78 is 5.30. The lowest BCUT2D eigenvalue weighted by molar-refractivity contribution is -0.125. The van der Waals surface area contributed by atoms with Gasteiger partial charge < -0.3 is 15.4 Å². The number of rotatable bonds is 2. The lowest BCUT2D eigenvalue weighted by atomic mass is 9.77. The topological polar surface area (TPSA) is 50.4 Å². The van der Waals surface area contributed by atoms with Gasteiger partial charge in [0.05, 0.1) is 18.7 Å². The van der Waals surface area contributed by atoms with Crippen LogP contribution >= 0.6 is 0 Å². The third-order valence-electron chi connectivity index (χ3n) is 4.74. The largest absolute Gasteiger partial charge is 0.379 e. The van der Waals surface area contributed by atoms with Crippen LogP contribution < -0.4 is 10.6 Å². The molecular weight excluding hydrogens is 228 g/mol. The summed E-state index contributed by atoms with van der Waals surface area (Å²) in [6.07, 6.45) is 8.48. The summed E-state index contributed by atoms with van der Waals surface area (Å²) >= 11 is 0. The number of nitrogens with one attached hydrogen (secondary N) is 2. The van der Waals surface area contributed by atoms with Crippen LogP contribution in [-0.2, 0) is 9.53 Å². The summed E-state index contributed by atoms with van der Waals surface area (Å²) in [6.45, 7) is 1.47. The van der Waals surface area contributed by atoms with Crippen molar-refractivity contribution in [3.8, 4) is 0 Å². The van der Waals surface area contributed by atoms with Gasteiger partial charge in [0, 0.05) is 12.6 Å². The number of carbonyl (C=O) groups is 1. The molecular formula is C14H24N2O2. The average molecular weight is 252 g/mol. The average Bonchev–Trinajstić information content (AvgIpc) is 2.91. The van der Waals surface area contributed by atoms with Crippen LogP contribution in [0, 0.1) is 5.92 Å². The number of hydrogen-bond donors (Lipinski definition) is 2. The summed E-state index contributed by atoms with van der Waals surface area (Å²) in [7, 11) is 0. The normalized spacial score (nSPS) is 40.2. The van der Waals surface area contributed by atoms with E-state index in [0.29, 0.717) is 12.6 Å². The van der Waals surface area contributed by atoms with Gasteiger partial charge in [-0.3, -0.25) is 4.79 Å². The maximum Gasteiger partial charge on any atom is 0.237 e. The molecule has 2 aliphatic heterocycles. The number of amides is 1. The monoisotopic (exact) mass is 252 g/mol. The number of ether oxygens (including phenoxy) is 1. The molecule has 0 spiro atoms. The zero-order valence-corrected chi connectivity index (χ0v) is 11.0. The van der Waals surface area contributed by atoms with Gasteiger partial charge in [-0.15, -0.1) is 0 Å². The summed E-state index contributed by atoms with van der Waals surface area (Å²) in [6, 6.07) is 0.858. The highest BCUT2D eigenvalue weighted by Crippen LogP contribution is 2.32. The quantitative estimate of drug-likeness (QED) is 0.776. The Morgan fingerprint density at radius 2 is 2.00 bits per heavy atom. The summed E-state index contributed by atoms with van der Waals surface area (Å²) in [4.78, 5) is 12.2. The highest BCUT2D eigenvalue weighted by Gasteiger charge is 2.35. The lowest BCUT2D eigenvalue weighted by Crippen LogP contribution is -2.56. The smallest absolute Gasteiger partial charge is 0.237 e. The van der Waals surface area contributed by atoms with Crippen LogP contribution in [0.3, 0.4) is 0 Å². The first kappa shape index (κ1) is 12.4. The van der Waals surface area contributed by atoms with E-state index >= 15 is 0 Å². The van der Waals surface area contributed by atoms with Gasteiger partial charge in [0.25, 0.3) is 0 Å². The van der Waals surface area contributed by atoms with E-state index in [9.17, 15) is 4.79 Å². The zero-order valence-electron chi connectivity index (χ0n) is 11.0. The molecule has 4 nitrogen and oxygen atoms in total. The molecule has 0 aromatic heterocycles. The van der Waals surface area contributed by atoms with Crippen molar-refractivity contribution in [3.63, 3.8) is 0 Å². The molecule has 2 saturated heterocycles. The third-order valence-corrected chi connectivity index (χ3v) is 4.74. The predicted octanol–water partition coefficient (Wildman–Crippen LogP) is 1.20. The Labute approximate surface area is 109 Å². The molecule has 1 aliphatic carbocycles. The van der Waals surface area contributed by atoms with E-state index in [0.717, 1.165) is 25.4 Å². The number of carbonyl (C=O) groups excluding carboxylic acids is 1. The van der Waals surface area contributed by atoms with Crippen molar-refractivity contribution in [1.29, 1.82) is 0 Å². The van der Waals surface area contributed by atoms with Crippen molar-refractivity contribution in [2.75, 3.05) is 13.2 Å². The van der Waals surface area contributed by atoms with Crippen molar-refractivity contribution in [2.45, 2.75) is 63.1 Å². The number of hydrogen-bond acceptors (Lipinski definition) is 3. The summed E-state index contributed by atoms with van der Waals surface area (Å²) in [5.41, 5.74) is 0. The number of fused-ring (bicyclic) bond motifs is 1. The van der Waals surface area contributed by atoms with Crippen molar-refractivity contribution in [3.05, 3.63) is 0 Å². The highest BCUT2D eigenvalue weighted by molar-refractivity contribution is 5.82. The Kier molecular flexibility index (Phi) is 3.85. The molecule has 0 aromatic carbocycles. The second-order valence-corrected chi connectivity index (χ2v) is 6.02. The summed E-state index contributed by atoms with van der Waals surface area (Å²) in [5.74, 6) is 1.01. The van der Waals surface area contributed by atoms with Crippen LogP contribution in [0.2, 0.25) is 0 Å². The molecule has 1 amide bonds. The van der Waals surface area contributed by atoms with Gasteiger partial charge in [-0.2, -0.15) is 0 Å². The Morgan fingerprint density at radius 1 is 1.11 bits per heavy atom. The van der Waals surface area contributed by atoms with E-state index in [2.05, 4.69) is 10.6 Å². The van der Waals surface area contributed by atoms with Gasteiger partial charge in [-0.1, -0.05) is 12.8 Å². The molecule has 4 heteroatoms. The van der Waals surface area contributed by atoms with Crippen LogP contribution in [0.25, 0.3) is 0 Å². The van der Waals surface area contributed by atoms with Crippen molar-refractivity contribution in [1.82, 2.24) is 10.6 Å². The van der Waals surface area contributed by atoms with Gasteiger partial charge >= 0.3 is 0 Å². The van der Waals surface area contributed by atoms with E-state index in [1.54, 1.807) is 0 Å². The molecule has 2 N–H and O–H groups in total. The minimum atomic E-state index is 0.0324. The van der Waals surface area contributed by atoms with E-state index in [1.807, 2.05) is 0 Å². The minimum absolute atomic E-state index is 0.0324. The maximum absolute atomic E-state index is 12.2. The third kappa shape index (κ3) is 2.69. The molecule has 0 radical (unpaired) electrons. The molecule has 1 saturated carbocycles. The van der Waals surface area contributed by atoms with Gasteiger partial charge in [-0.05, 0) is 38.0 Å². The number of piperidine rings is 1. The van der Waals surface area contributed by atoms with Gasteiger partial charge in [-0.25, -0.2) is 0 Å². The SMILES string of the molecule is O=C(NC1CCOC1)C1CCC2CCCCC2N1. The molecule has 102 valence electrons. The van der Waals surface area contributed by atoms with Crippen LogP contribution in [-0.4, -0.2) is 37.2 Å². The van der Waals surface area contributed by atoms with Crippen LogP contribution in [0.1, 0.15) is 44.9 Å². The van der Waals surface area contributed by atoms with E-state index < -0.39 is 0 Å². The van der Waals surface area contributed by atoms with Crippen LogP contribution in [0.4, 0.5) is 0 Å². The molecule has 4 atom stereocenters. The maximum atomic E-state index is 12.2. The first-order chi connectivity index (χ1) is 8.83. The second kappa shape index (κ2) is 5.57. The van der Waals surface area contributed by atoms with Crippen molar-refractivity contribution < 1.29 is 9.53 Å². The predicted molar refractivity (Wildman–Crippen MR) is 69.3 cm³/mol. The van der Waals surface area contributed by atoms with Gasteiger partial charge in [0.15, 0.2) is 0 Å². The van der Waals surface area contributed by atoms with Gasteiger partial charge in [0.1, 0.15) is 0 Å². The Morgan fingerprint density at radius 3 is 2.83 bits per heavy atom. The molecule has 0 bridgehead atoms. The molecule has 4 unspecified atom stereocenters. The Balaban J connectivity index is 1.51. The van der Waals surface area contributed by atoms with Crippen molar-refractivity contribution >= 4 is 5.91 Å². The van der Waals surface area contributed by atoms with Crippen molar-refractivity contribution in [2.24, 2.45) is 5.92 Å².